The molecule has 0 saturated heterocycles. The van der Waals surface area contributed by atoms with Crippen LogP contribution in [0.4, 0.5) is 11.4 Å². The molecule has 2 aromatic carbocycles. The summed E-state index contributed by atoms with van der Waals surface area (Å²) in [6.45, 7) is 3.58. The molecule has 0 unspecified atom stereocenters. The van der Waals surface area contributed by atoms with Crippen LogP contribution in [0.3, 0.4) is 0 Å². The fraction of sp³-hybridized carbons (Fsp3) is 0.250. The second-order valence-electron chi connectivity index (χ2n) is 4.55. The van der Waals surface area contributed by atoms with Crippen LogP contribution < -0.4 is 10.6 Å². The Morgan fingerprint density at radius 1 is 0.850 bits per heavy atom. The summed E-state index contributed by atoms with van der Waals surface area (Å²) >= 11 is 0. The highest BCUT2D eigenvalue weighted by molar-refractivity contribution is 6.04. The smallest absolute Gasteiger partial charge is 0.224 e. The Labute approximate surface area is 118 Å². The molecule has 0 aliphatic rings. The number of hydrogen-bond donors (Lipinski definition) is 2. The Hall–Kier alpha value is -2.36. The van der Waals surface area contributed by atoms with E-state index in [1.54, 1.807) is 13.8 Å². The highest BCUT2D eigenvalue weighted by Crippen LogP contribution is 2.28. The van der Waals surface area contributed by atoms with Gasteiger partial charge in [0.1, 0.15) is 0 Å². The zero-order chi connectivity index (χ0) is 14.5. The number of carbonyl (C=O) groups is 2. The summed E-state index contributed by atoms with van der Waals surface area (Å²) in [4.78, 5) is 23.2. The van der Waals surface area contributed by atoms with Crippen molar-refractivity contribution < 1.29 is 9.59 Å². The van der Waals surface area contributed by atoms with E-state index in [-0.39, 0.29) is 11.8 Å². The predicted octanol–water partition coefficient (Wildman–Crippen LogP) is 3.54. The fourth-order valence-corrected chi connectivity index (χ4v) is 1.92. The Morgan fingerprint density at radius 2 is 1.25 bits per heavy atom. The number of nitrogens with one attached hydrogen (secondary N) is 2. The zero-order valence-electron chi connectivity index (χ0n) is 11.7. The van der Waals surface area contributed by atoms with Crippen molar-refractivity contribution >= 4 is 34.0 Å². The quantitative estimate of drug-likeness (QED) is 0.892. The minimum atomic E-state index is -0.0766. The Morgan fingerprint density at radius 3 is 1.60 bits per heavy atom. The largest absolute Gasteiger partial charge is 0.324 e. The molecular weight excluding hydrogens is 252 g/mol. The maximum Gasteiger partial charge on any atom is 0.224 e. The molecule has 0 heterocycles. The lowest BCUT2D eigenvalue weighted by molar-refractivity contribution is -0.116. The van der Waals surface area contributed by atoms with Crippen LogP contribution in [-0.2, 0) is 9.59 Å². The number of fused-ring (bicyclic) bond motifs is 1. The molecule has 0 atom stereocenters. The molecule has 4 nitrogen and oxygen atoms in total. The number of benzene rings is 2. The molecule has 0 aromatic heterocycles. The summed E-state index contributed by atoms with van der Waals surface area (Å²) in [5.41, 5.74) is 1.27. The standard InChI is InChI=1S/C16H18N2O2/c1-3-15(19)17-13-9-11-7-5-6-8-12(11)10-14(13)18-16(20)4-2/h5-10H,3-4H2,1-2H3,(H,17,19)(H,18,20). The van der Waals surface area contributed by atoms with Crippen molar-refractivity contribution in [1.82, 2.24) is 0 Å². The highest BCUT2D eigenvalue weighted by atomic mass is 16.2. The van der Waals surface area contributed by atoms with E-state index in [0.717, 1.165) is 10.8 Å². The summed E-state index contributed by atoms with van der Waals surface area (Å²) in [6.07, 6.45) is 0.794. The van der Waals surface area contributed by atoms with Crippen molar-refractivity contribution in [2.24, 2.45) is 0 Å². The van der Waals surface area contributed by atoms with Gasteiger partial charge in [0.2, 0.25) is 11.8 Å². The van der Waals surface area contributed by atoms with E-state index in [2.05, 4.69) is 10.6 Å². The van der Waals surface area contributed by atoms with Gasteiger partial charge < -0.3 is 10.6 Å². The third-order valence-corrected chi connectivity index (χ3v) is 3.08. The van der Waals surface area contributed by atoms with Gasteiger partial charge in [-0.25, -0.2) is 0 Å². The van der Waals surface area contributed by atoms with Crippen molar-refractivity contribution in [3.05, 3.63) is 36.4 Å². The van der Waals surface area contributed by atoms with Gasteiger partial charge >= 0.3 is 0 Å². The molecule has 2 aromatic rings. The number of rotatable bonds is 4. The number of amides is 2. The highest BCUT2D eigenvalue weighted by Gasteiger charge is 2.09. The molecule has 2 rings (SSSR count). The molecular formula is C16H18N2O2. The molecule has 0 aliphatic heterocycles. The number of hydrogen-bond acceptors (Lipinski definition) is 2. The molecule has 0 radical (unpaired) electrons. The van der Waals surface area contributed by atoms with Crippen molar-refractivity contribution in [2.45, 2.75) is 26.7 Å². The lowest BCUT2D eigenvalue weighted by Gasteiger charge is -2.13. The first-order valence-electron chi connectivity index (χ1n) is 6.76. The van der Waals surface area contributed by atoms with E-state index in [0.29, 0.717) is 24.2 Å². The van der Waals surface area contributed by atoms with Crippen molar-refractivity contribution in [3.63, 3.8) is 0 Å². The maximum absolute atomic E-state index is 11.6. The second kappa shape index (κ2) is 6.19. The molecule has 2 amide bonds. The minimum absolute atomic E-state index is 0.0766. The van der Waals surface area contributed by atoms with Crippen molar-refractivity contribution in [3.8, 4) is 0 Å². The van der Waals surface area contributed by atoms with Crippen LogP contribution in [0.5, 0.6) is 0 Å². The maximum atomic E-state index is 11.6. The Bertz CT molecular complexity index is 593. The molecule has 4 heteroatoms. The third-order valence-electron chi connectivity index (χ3n) is 3.08. The summed E-state index contributed by atoms with van der Waals surface area (Å²) in [5.74, 6) is -0.153. The molecule has 0 saturated carbocycles. The first-order chi connectivity index (χ1) is 9.63. The van der Waals surface area contributed by atoms with Gasteiger partial charge in [-0.3, -0.25) is 9.59 Å². The molecule has 104 valence electrons. The van der Waals surface area contributed by atoms with Gasteiger partial charge in [-0.2, -0.15) is 0 Å². The predicted molar refractivity (Wildman–Crippen MR) is 81.8 cm³/mol. The second-order valence-corrected chi connectivity index (χ2v) is 4.55. The Balaban J connectivity index is 2.46. The molecule has 0 fully saturated rings. The van der Waals surface area contributed by atoms with Crippen LogP contribution >= 0.6 is 0 Å². The van der Waals surface area contributed by atoms with E-state index in [4.69, 9.17) is 0 Å². The normalized spacial score (nSPS) is 10.3. The zero-order valence-corrected chi connectivity index (χ0v) is 11.7. The topological polar surface area (TPSA) is 58.2 Å². The average molecular weight is 270 g/mol. The van der Waals surface area contributed by atoms with Gasteiger partial charge in [-0.05, 0) is 22.9 Å². The van der Waals surface area contributed by atoms with Gasteiger partial charge in [0, 0.05) is 12.8 Å². The lowest BCUT2D eigenvalue weighted by atomic mass is 10.1. The van der Waals surface area contributed by atoms with Crippen LogP contribution in [0, 0.1) is 0 Å². The molecule has 2 N–H and O–H groups in total. The van der Waals surface area contributed by atoms with Crippen LogP contribution in [0.2, 0.25) is 0 Å². The lowest BCUT2D eigenvalue weighted by Crippen LogP contribution is -2.15. The van der Waals surface area contributed by atoms with E-state index in [1.165, 1.54) is 0 Å². The molecule has 0 spiro atoms. The Kier molecular flexibility index (Phi) is 4.35. The van der Waals surface area contributed by atoms with Crippen LogP contribution in [-0.4, -0.2) is 11.8 Å². The molecule has 20 heavy (non-hydrogen) atoms. The van der Waals surface area contributed by atoms with E-state index >= 15 is 0 Å². The van der Waals surface area contributed by atoms with Gasteiger partial charge in [0.25, 0.3) is 0 Å². The third kappa shape index (κ3) is 3.15. The van der Waals surface area contributed by atoms with E-state index in [9.17, 15) is 9.59 Å². The minimum Gasteiger partial charge on any atom is -0.324 e. The summed E-state index contributed by atoms with van der Waals surface area (Å²) in [5, 5.41) is 7.70. The van der Waals surface area contributed by atoms with Crippen LogP contribution in [0.25, 0.3) is 10.8 Å². The summed E-state index contributed by atoms with van der Waals surface area (Å²) in [6, 6.07) is 11.6. The van der Waals surface area contributed by atoms with Gasteiger partial charge in [-0.15, -0.1) is 0 Å². The van der Waals surface area contributed by atoms with E-state index in [1.807, 2.05) is 36.4 Å². The van der Waals surface area contributed by atoms with Gasteiger partial charge in [0.05, 0.1) is 11.4 Å². The van der Waals surface area contributed by atoms with Gasteiger partial charge in [0.15, 0.2) is 0 Å². The molecule has 0 bridgehead atoms. The number of carbonyl (C=O) groups excluding carboxylic acids is 2. The molecule has 0 aliphatic carbocycles. The van der Waals surface area contributed by atoms with Gasteiger partial charge in [-0.1, -0.05) is 38.1 Å². The van der Waals surface area contributed by atoms with Crippen molar-refractivity contribution in [2.75, 3.05) is 10.6 Å². The van der Waals surface area contributed by atoms with Crippen LogP contribution in [0.1, 0.15) is 26.7 Å². The monoisotopic (exact) mass is 270 g/mol. The number of anilines is 2. The fourth-order valence-electron chi connectivity index (χ4n) is 1.92. The first kappa shape index (κ1) is 14.1. The average Bonchev–Trinajstić information content (AvgIpc) is 2.47. The van der Waals surface area contributed by atoms with Crippen molar-refractivity contribution in [1.29, 1.82) is 0 Å². The van der Waals surface area contributed by atoms with Crippen LogP contribution in [0.15, 0.2) is 36.4 Å². The van der Waals surface area contributed by atoms with E-state index < -0.39 is 0 Å². The summed E-state index contributed by atoms with van der Waals surface area (Å²) < 4.78 is 0. The summed E-state index contributed by atoms with van der Waals surface area (Å²) in [7, 11) is 0. The SMILES string of the molecule is CCC(=O)Nc1cc2ccccc2cc1NC(=O)CC. The first-order valence-corrected chi connectivity index (χ1v) is 6.76.